The third kappa shape index (κ3) is 6.80. The summed E-state index contributed by atoms with van der Waals surface area (Å²) in [4.78, 5) is 30.6. The molecule has 1 aromatic rings. The summed E-state index contributed by atoms with van der Waals surface area (Å²) in [5.74, 6) is 1.34. The van der Waals surface area contributed by atoms with Gasteiger partial charge in [-0.2, -0.15) is 0 Å². The maximum atomic E-state index is 13.4. The van der Waals surface area contributed by atoms with E-state index in [0.29, 0.717) is 26.3 Å². The first-order valence-electron chi connectivity index (χ1n) is 13.9. The van der Waals surface area contributed by atoms with E-state index in [9.17, 15) is 9.59 Å². The fourth-order valence-electron chi connectivity index (χ4n) is 6.04. The number of piperidine rings is 1. The van der Waals surface area contributed by atoms with Crippen molar-refractivity contribution < 1.29 is 19.1 Å². The van der Waals surface area contributed by atoms with Crippen LogP contribution in [0.25, 0.3) is 0 Å². The number of nitrogens with zero attached hydrogens (tertiary/aromatic N) is 2. The van der Waals surface area contributed by atoms with Gasteiger partial charge in [0.2, 0.25) is 11.8 Å². The van der Waals surface area contributed by atoms with Gasteiger partial charge in [0.05, 0.1) is 24.2 Å². The number of ether oxygens (including phenoxy) is 2. The number of benzene rings is 1. The molecule has 1 unspecified atom stereocenters. The van der Waals surface area contributed by atoms with Gasteiger partial charge in [-0.15, -0.1) is 0 Å². The number of likely N-dealkylation sites (tertiary alicyclic amines) is 1. The van der Waals surface area contributed by atoms with Crippen molar-refractivity contribution in [2.75, 3.05) is 46.4 Å². The molecule has 2 fully saturated rings. The molecular formula is C29H45N3O4. The molecule has 3 heterocycles. The Balaban J connectivity index is 1.32. The summed E-state index contributed by atoms with van der Waals surface area (Å²) in [6, 6.07) is 8.53. The van der Waals surface area contributed by atoms with Crippen LogP contribution in [0.3, 0.4) is 0 Å². The van der Waals surface area contributed by atoms with Crippen molar-refractivity contribution in [1.29, 1.82) is 0 Å². The minimum atomic E-state index is -0.329. The fraction of sp³-hybridized carbons (Fsp3) is 0.724. The second-order valence-corrected chi connectivity index (χ2v) is 11.6. The molecule has 200 valence electrons. The number of hydrogen-bond acceptors (Lipinski definition) is 5. The highest BCUT2D eigenvalue weighted by molar-refractivity contribution is 5.83. The van der Waals surface area contributed by atoms with Gasteiger partial charge in [0.1, 0.15) is 5.75 Å². The molecule has 1 N–H and O–H groups in total. The Bertz CT molecular complexity index is 894. The number of rotatable bonds is 3. The zero-order chi connectivity index (χ0) is 25.6. The van der Waals surface area contributed by atoms with Crippen LogP contribution in [-0.2, 0) is 20.7 Å². The van der Waals surface area contributed by atoms with Gasteiger partial charge < -0.3 is 19.7 Å². The number of para-hydroxylation sites is 1. The van der Waals surface area contributed by atoms with Crippen LogP contribution in [0.15, 0.2) is 24.3 Å². The van der Waals surface area contributed by atoms with Crippen LogP contribution in [0.4, 0.5) is 0 Å². The highest BCUT2D eigenvalue weighted by Crippen LogP contribution is 2.38. The summed E-state index contributed by atoms with van der Waals surface area (Å²) in [7, 11) is 1.94. The molecule has 36 heavy (non-hydrogen) atoms. The predicted octanol–water partition coefficient (Wildman–Crippen LogP) is 3.80. The normalized spacial score (nSPS) is 25.3. The molecule has 3 aliphatic heterocycles. The molecule has 2 amide bonds. The Morgan fingerprint density at radius 3 is 2.67 bits per heavy atom. The van der Waals surface area contributed by atoms with Crippen LogP contribution in [0.2, 0.25) is 0 Å². The van der Waals surface area contributed by atoms with Crippen LogP contribution < -0.4 is 10.1 Å². The number of aryl methyl sites for hydroxylation is 1. The lowest BCUT2D eigenvalue weighted by atomic mass is 9.73. The molecule has 3 aliphatic rings. The van der Waals surface area contributed by atoms with E-state index in [0.717, 1.165) is 76.6 Å². The average molecular weight is 500 g/mol. The van der Waals surface area contributed by atoms with E-state index >= 15 is 0 Å². The summed E-state index contributed by atoms with van der Waals surface area (Å²) in [5, 5.41) is 3.21. The highest BCUT2D eigenvalue weighted by atomic mass is 16.5. The molecule has 1 atom stereocenters. The van der Waals surface area contributed by atoms with E-state index in [4.69, 9.17) is 9.47 Å². The van der Waals surface area contributed by atoms with E-state index < -0.39 is 0 Å². The Morgan fingerprint density at radius 2 is 1.89 bits per heavy atom. The first-order valence-corrected chi connectivity index (χ1v) is 13.9. The molecule has 0 aliphatic carbocycles. The SMILES string of the molecule is CN(C(=O)CN1CCC2(CCCCc3ccccc3OCCCNC2=O)CC1)C1CCOC(C)(C)C1. The maximum absolute atomic E-state index is 13.4. The van der Waals surface area contributed by atoms with Gasteiger partial charge in [-0.05, 0) is 89.9 Å². The number of amides is 2. The van der Waals surface area contributed by atoms with E-state index in [1.165, 1.54) is 5.56 Å². The molecular weight excluding hydrogens is 454 g/mol. The third-order valence-electron chi connectivity index (χ3n) is 8.45. The van der Waals surface area contributed by atoms with E-state index in [1.54, 1.807) is 0 Å². The van der Waals surface area contributed by atoms with Gasteiger partial charge in [0, 0.05) is 26.2 Å². The van der Waals surface area contributed by atoms with E-state index in [1.807, 2.05) is 24.1 Å². The molecule has 7 nitrogen and oxygen atoms in total. The first kappa shape index (κ1) is 26.9. The zero-order valence-electron chi connectivity index (χ0n) is 22.5. The first-order chi connectivity index (χ1) is 17.3. The van der Waals surface area contributed by atoms with Crippen molar-refractivity contribution in [3.8, 4) is 5.75 Å². The number of carbonyl (C=O) groups excluding carboxylic acids is 2. The van der Waals surface area contributed by atoms with Crippen molar-refractivity contribution in [1.82, 2.24) is 15.1 Å². The van der Waals surface area contributed by atoms with Gasteiger partial charge in [-0.25, -0.2) is 0 Å². The summed E-state index contributed by atoms with van der Waals surface area (Å²) >= 11 is 0. The third-order valence-corrected chi connectivity index (χ3v) is 8.45. The van der Waals surface area contributed by atoms with Crippen molar-refractivity contribution >= 4 is 11.8 Å². The molecule has 7 heteroatoms. The molecule has 0 bridgehead atoms. The highest BCUT2D eigenvalue weighted by Gasteiger charge is 2.41. The van der Waals surface area contributed by atoms with Gasteiger partial charge in [-0.3, -0.25) is 14.5 Å². The van der Waals surface area contributed by atoms with Crippen molar-refractivity contribution in [2.24, 2.45) is 5.41 Å². The van der Waals surface area contributed by atoms with Crippen LogP contribution in [-0.4, -0.2) is 79.7 Å². The van der Waals surface area contributed by atoms with Crippen molar-refractivity contribution in [3.63, 3.8) is 0 Å². The monoisotopic (exact) mass is 499 g/mol. The fourth-order valence-corrected chi connectivity index (χ4v) is 6.04. The Hall–Kier alpha value is -2.12. The second-order valence-electron chi connectivity index (χ2n) is 11.6. The molecule has 0 saturated carbocycles. The largest absolute Gasteiger partial charge is 0.493 e. The second kappa shape index (κ2) is 12.0. The van der Waals surface area contributed by atoms with Crippen LogP contribution in [0.1, 0.15) is 70.8 Å². The lowest BCUT2D eigenvalue weighted by Crippen LogP contribution is -2.52. The van der Waals surface area contributed by atoms with Crippen LogP contribution >= 0.6 is 0 Å². The minimum absolute atomic E-state index is 0.173. The molecule has 2 saturated heterocycles. The Kier molecular flexibility index (Phi) is 8.94. The lowest BCUT2D eigenvalue weighted by molar-refractivity contribution is -0.140. The average Bonchev–Trinajstić information content (AvgIpc) is 2.87. The summed E-state index contributed by atoms with van der Waals surface area (Å²) in [6.07, 6.45) is 8.13. The Labute approximate surface area is 216 Å². The quantitative estimate of drug-likeness (QED) is 0.685. The maximum Gasteiger partial charge on any atom is 0.236 e. The molecule has 1 spiro atoms. The molecule has 4 rings (SSSR count). The van der Waals surface area contributed by atoms with Crippen molar-refractivity contribution in [2.45, 2.75) is 83.3 Å². The zero-order valence-corrected chi connectivity index (χ0v) is 22.5. The summed E-state index contributed by atoms with van der Waals surface area (Å²) in [5.41, 5.74) is 0.754. The summed E-state index contributed by atoms with van der Waals surface area (Å²) < 4.78 is 11.8. The van der Waals surface area contributed by atoms with Gasteiger partial charge in [0.15, 0.2) is 0 Å². The smallest absolute Gasteiger partial charge is 0.236 e. The minimum Gasteiger partial charge on any atom is -0.493 e. The number of nitrogens with one attached hydrogen (secondary N) is 1. The number of hydrogen-bond donors (Lipinski definition) is 1. The molecule has 0 radical (unpaired) electrons. The van der Waals surface area contributed by atoms with E-state index in [-0.39, 0.29) is 28.9 Å². The Morgan fingerprint density at radius 1 is 1.11 bits per heavy atom. The van der Waals surface area contributed by atoms with Crippen LogP contribution in [0, 0.1) is 5.41 Å². The predicted molar refractivity (Wildman–Crippen MR) is 141 cm³/mol. The van der Waals surface area contributed by atoms with Gasteiger partial charge in [0.25, 0.3) is 0 Å². The number of carbonyl (C=O) groups is 2. The van der Waals surface area contributed by atoms with Crippen molar-refractivity contribution in [3.05, 3.63) is 29.8 Å². The number of likely N-dealkylation sites (N-methyl/N-ethyl adjacent to an activating group) is 1. The lowest BCUT2D eigenvalue weighted by Gasteiger charge is -2.42. The van der Waals surface area contributed by atoms with Gasteiger partial charge in [-0.1, -0.05) is 24.6 Å². The van der Waals surface area contributed by atoms with Gasteiger partial charge >= 0.3 is 0 Å². The molecule has 0 aromatic heterocycles. The van der Waals surface area contributed by atoms with E-state index in [2.05, 4.69) is 36.2 Å². The van der Waals surface area contributed by atoms with Crippen LogP contribution in [0.5, 0.6) is 5.75 Å². The number of fused-ring (bicyclic) bond motifs is 1. The molecule has 1 aromatic carbocycles. The topological polar surface area (TPSA) is 71.1 Å². The standard InChI is InChI=1S/C29H45N3O4/c1-28(2)21-24(12-20-36-28)31(3)26(33)22-32-17-14-29(15-18-32)13-7-6-10-23-9-4-5-11-25(23)35-19-8-16-30-27(29)34/h4-5,9,11,24H,6-8,10,12-22H2,1-3H3,(H,30,34). The summed E-state index contributed by atoms with van der Waals surface area (Å²) in [6.45, 7) is 8.16.